The maximum Gasteiger partial charge on any atom is 0.168 e. The fourth-order valence-corrected chi connectivity index (χ4v) is 2.35. The predicted octanol–water partition coefficient (Wildman–Crippen LogP) is 3.25. The Hall–Kier alpha value is -2.43. The van der Waals surface area contributed by atoms with Crippen molar-refractivity contribution in [1.29, 1.82) is 0 Å². The van der Waals surface area contributed by atoms with Crippen LogP contribution >= 0.6 is 0 Å². The predicted molar refractivity (Wildman–Crippen MR) is 84.9 cm³/mol. The Morgan fingerprint density at radius 2 is 2.05 bits per heavy atom. The molecule has 3 aromatic rings. The van der Waals surface area contributed by atoms with E-state index in [2.05, 4.69) is 59.4 Å². The van der Waals surface area contributed by atoms with E-state index in [0.29, 0.717) is 0 Å². The van der Waals surface area contributed by atoms with Gasteiger partial charge in [0, 0.05) is 6.54 Å². The molecule has 2 heterocycles. The zero-order valence-corrected chi connectivity index (χ0v) is 12.6. The van der Waals surface area contributed by atoms with E-state index >= 15 is 0 Å². The highest BCUT2D eigenvalue weighted by molar-refractivity contribution is 5.87. The highest BCUT2D eigenvalue weighted by atomic mass is 15.3. The van der Waals surface area contributed by atoms with Gasteiger partial charge >= 0.3 is 0 Å². The molecule has 0 aliphatic carbocycles. The first-order valence-corrected chi connectivity index (χ1v) is 7.21. The minimum absolute atomic E-state index is 0.831. The monoisotopic (exact) mass is 281 g/mol. The Morgan fingerprint density at radius 3 is 2.86 bits per heavy atom. The summed E-state index contributed by atoms with van der Waals surface area (Å²) >= 11 is 0. The number of nitrogens with one attached hydrogen (secondary N) is 1. The Labute approximate surface area is 124 Å². The molecule has 2 aromatic heterocycles. The third kappa shape index (κ3) is 2.46. The average Bonchev–Trinajstić information content (AvgIpc) is 2.92. The highest BCUT2D eigenvalue weighted by Gasteiger charge is 2.12. The van der Waals surface area contributed by atoms with Crippen LogP contribution < -0.4 is 5.32 Å². The molecular weight excluding hydrogens is 262 g/mol. The standard InChI is InChI=1S/C16H19N5/c1-4-7-17-15-13-9-20-21(16(13)19-10-18-15)14-8-11(2)5-6-12(14)3/h5-6,8-10H,4,7H2,1-3H3,(H,17,18,19). The average molecular weight is 281 g/mol. The maximum atomic E-state index is 4.51. The molecular formula is C16H19N5. The van der Waals surface area contributed by atoms with E-state index in [1.54, 1.807) is 6.33 Å². The summed E-state index contributed by atoms with van der Waals surface area (Å²) in [5.41, 5.74) is 4.27. The van der Waals surface area contributed by atoms with E-state index in [9.17, 15) is 0 Å². The van der Waals surface area contributed by atoms with Gasteiger partial charge in [0.15, 0.2) is 5.65 Å². The van der Waals surface area contributed by atoms with Gasteiger partial charge in [0.1, 0.15) is 12.1 Å². The van der Waals surface area contributed by atoms with Crippen LogP contribution in [0.2, 0.25) is 0 Å². The molecule has 0 saturated heterocycles. The molecule has 0 radical (unpaired) electrons. The van der Waals surface area contributed by atoms with Gasteiger partial charge in [-0.25, -0.2) is 14.6 Å². The molecule has 5 heteroatoms. The molecule has 0 fully saturated rings. The molecule has 0 spiro atoms. The van der Waals surface area contributed by atoms with Crippen molar-refractivity contribution in [2.24, 2.45) is 0 Å². The molecule has 108 valence electrons. The lowest BCUT2D eigenvalue weighted by Crippen LogP contribution is -2.04. The van der Waals surface area contributed by atoms with Crippen LogP contribution in [-0.4, -0.2) is 26.3 Å². The highest BCUT2D eigenvalue weighted by Crippen LogP contribution is 2.23. The van der Waals surface area contributed by atoms with Gasteiger partial charge in [-0.3, -0.25) is 0 Å². The van der Waals surface area contributed by atoms with Crippen molar-refractivity contribution in [2.75, 3.05) is 11.9 Å². The zero-order chi connectivity index (χ0) is 14.8. The number of aromatic nitrogens is 4. The molecule has 0 saturated carbocycles. The number of anilines is 1. The van der Waals surface area contributed by atoms with Crippen LogP contribution in [0.3, 0.4) is 0 Å². The van der Waals surface area contributed by atoms with Crippen LogP contribution in [0.25, 0.3) is 16.7 Å². The Bertz CT molecular complexity index is 775. The van der Waals surface area contributed by atoms with Crippen molar-refractivity contribution in [1.82, 2.24) is 19.7 Å². The van der Waals surface area contributed by atoms with Crippen LogP contribution in [0.1, 0.15) is 24.5 Å². The number of hydrogen-bond acceptors (Lipinski definition) is 4. The van der Waals surface area contributed by atoms with Crippen LogP contribution in [-0.2, 0) is 0 Å². The molecule has 0 aliphatic rings. The number of nitrogens with zero attached hydrogens (tertiary/aromatic N) is 4. The summed E-state index contributed by atoms with van der Waals surface area (Å²) in [7, 11) is 0. The van der Waals surface area contributed by atoms with E-state index in [1.807, 2.05) is 10.9 Å². The Kier molecular flexibility index (Phi) is 3.56. The Balaban J connectivity index is 2.14. The van der Waals surface area contributed by atoms with Gasteiger partial charge in [-0.15, -0.1) is 0 Å². The second-order valence-corrected chi connectivity index (χ2v) is 5.23. The van der Waals surface area contributed by atoms with Gasteiger partial charge in [-0.2, -0.15) is 5.10 Å². The van der Waals surface area contributed by atoms with E-state index in [1.165, 1.54) is 11.1 Å². The smallest absolute Gasteiger partial charge is 0.168 e. The number of aryl methyl sites for hydroxylation is 2. The van der Waals surface area contributed by atoms with Gasteiger partial charge < -0.3 is 5.32 Å². The summed E-state index contributed by atoms with van der Waals surface area (Å²) in [6.45, 7) is 7.18. The lowest BCUT2D eigenvalue weighted by Gasteiger charge is -2.08. The number of benzene rings is 1. The van der Waals surface area contributed by atoms with Crippen molar-refractivity contribution in [3.63, 3.8) is 0 Å². The van der Waals surface area contributed by atoms with E-state index < -0.39 is 0 Å². The van der Waals surface area contributed by atoms with Crippen molar-refractivity contribution < 1.29 is 0 Å². The number of hydrogen-bond donors (Lipinski definition) is 1. The molecule has 0 bridgehead atoms. The molecule has 21 heavy (non-hydrogen) atoms. The van der Waals surface area contributed by atoms with Gasteiger partial charge in [-0.05, 0) is 37.5 Å². The van der Waals surface area contributed by atoms with Crippen molar-refractivity contribution >= 4 is 16.9 Å². The minimum Gasteiger partial charge on any atom is -0.369 e. The second kappa shape index (κ2) is 5.52. The molecule has 5 nitrogen and oxygen atoms in total. The third-order valence-electron chi connectivity index (χ3n) is 3.50. The summed E-state index contributed by atoms with van der Waals surface area (Å²) in [5, 5.41) is 8.78. The largest absolute Gasteiger partial charge is 0.369 e. The quantitative estimate of drug-likeness (QED) is 0.797. The first-order valence-electron chi connectivity index (χ1n) is 7.21. The van der Waals surface area contributed by atoms with Gasteiger partial charge in [0.25, 0.3) is 0 Å². The molecule has 3 rings (SSSR count). The first-order chi connectivity index (χ1) is 10.2. The van der Waals surface area contributed by atoms with Crippen LogP contribution in [0, 0.1) is 13.8 Å². The van der Waals surface area contributed by atoms with Gasteiger partial charge in [0.2, 0.25) is 0 Å². The zero-order valence-electron chi connectivity index (χ0n) is 12.6. The van der Waals surface area contributed by atoms with Crippen LogP contribution in [0.4, 0.5) is 5.82 Å². The molecule has 1 aromatic carbocycles. The summed E-state index contributed by atoms with van der Waals surface area (Å²) in [4.78, 5) is 8.72. The van der Waals surface area contributed by atoms with Crippen LogP contribution in [0.15, 0.2) is 30.7 Å². The summed E-state index contributed by atoms with van der Waals surface area (Å²) < 4.78 is 1.89. The molecule has 1 N–H and O–H groups in total. The SMILES string of the molecule is CCCNc1ncnc2c1cnn2-c1cc(C)ccc1C. The lowest BCUT2D eigenvalue weighted by molar-refractivity contribution is 0.885. The maximum absolute atomic E-state index is 4.51. The van der Waals surface area contributed by atoms with E-state index in [4.69, 9.17) is 0 Å². The third-order valence-corrected chi connectivity index (χ3v) is 3.50. The summed E-state index contributed by atoms with van der Waals surface area (Å²) in [5.74, 6) is 0.846. The fourth-order valence-electron chi connectivity index (χ4n) is 2.35. The minimum atomic E-state index is 0.831. The number of rotatable bonds is 4. The normalized spacial score (nSPS) is 11.0. The summed E-state index contributed by atoms with van der Waals surface area (Å²) in [6.07, 6.45) is 4.47. The van der Waals surface area contributed by atoms with E-state index in [-0.39, 0.29) is 0 Å². The Morgan fingerprint density at radius 1 is 1.19 bits per heavy atom. The van der Waals surface area contributed by atoms with Crippen molar-refractivity contribution in [3.8, 4) is 5.69 Å². The fraction of sp³-hybridized carbons (Fsp3) is 0.312. The van der Waals surface area contributed by atoms with Gasteiger partial charge in [-0.1, -0.05) is 19.1 Å². The summed E-state index contributed by atoms with van der Waals surface area (Å²) in [6, 6.07) is 6.34. The topological polar surface area (TPSA) is 55.6 Å². The molecule has 0 aliphatic heterocycles. The second-order valence-electron chi connectivity index (χ2n) is 5.23. The lowest BCUT2D eigenvalue weighted by atomic mass is 10.1. The first kappa shape index (κ1) is 13.5. The van der Waals surface area contributed by atoms with Gasteiger partial charge in [0.05, 0.1) is 17.3 Å². The molecule has 0 amide bonds. The van der Waals surface area contributed by atoms with Crippen LogP contribution in [0.5, 0.6) is 0 Å². The van der Waals surface area contributed by atoms with E-state index in [0.717, 1.165) is 35.5 Å². The molecule has 0 atom stereocenters. The molecule has 0 unspecified atom stereocenters. The van der Waals surface area contributed by atoms with Crippen molar-refractivity contribution in [3.05, 3.63) is 41.9 Å². The van der Waals surface area contributed by atoms with Crippen molar-refractivity contribution in [2.45, 2.75) is 27.2 Å². The number of fused-ring (bicyclic) bond motifs is 1.